The van der Waals surface area contributed by atoms with Gasteiger partial charge in [0.25, 0.3) is 0 Å². The van der Waals surface area contributed by atoms with E-state index in [4.69, 9.17) is 16.3 Å². The zero-order chi connectivity index (χ0) is 18.9. The molecule has 0 bridgehead atoms. The first-order valence-corrected chi connectivity index (χ1v) is 8.03. The summed E-state index contributed by atoms with van der Waals surface area (Å²) < 4.78 is 44.9. The van der Waals surface area contributed by atoms with Gasteiger partial charge >= 0.3 is 12.1 Å². The minimum Gasteiger partial charge on any atom is -0.408 e. The molecule has 0 saturated carbocycles. The van der Waals surface area contributed by atoms with E-state index in [2.05, 4.69) is 4.99 Å². The molecule has 0 fully saturated rings. The van der Waals surface area contributed by atoms with Gasteiger partial charge in [0.05, 0.1) is 21.2 Å². The van der Waals surface area contributed by atoms with Gasteiger partial charge in [-0.3, -0.25) is 9.59 Å². The van der Waals surface area contributed by atoms with E-state index in [0.29, 0.717) is 4.88 Å². The van der Waals surface area contributed by atoms with Gasteiger partial charge in [-0.25, -0.2) is 9.56 Å². The fourth-order valence-corrected chi connectivity index (χ4v) is 3.16. The number of carbonyl (C=O) groups excluding carboxylic acids is 2. The standard InChI is InChI=1S/C15H12ClF3N2O3S/c1-7-13(24-9(3)23)21(8(2)22)14(25-7)20-10-4-5-12(16)11(6-10)15(17,18)19/h4-6H,1-3H3. The lowest BCUT2D eigenvalue weighted by molar-refractivity contribution is -0.137. The molecule has 2 aromatic rings. The Morgan fingerprint density at radius 1 is 1.28 bits per heavy atom. The van der Waals surface area contributed by atoms with Gasteiger partial charge in [-0.15, -0.1) is 0 Å². The highest BCUT2D eigenvalue weighted by Crippen LogP contribution is 2.36. The van der Waals surface area contributed by atoms with Crippen LogP contribution in [0, 0.1) is 6.92 Å². The summed E-state index contributed by atoms with van der Waals surface area (Å²) in [5.41, 5.74) is -1.07. The van der Waals surface area contributed by atoms with E-state index < -0.39 is 28.6 Å². The summed E-state index contributed by atoms with van der Waals surface area (Å²) >= 11 is 6.58. The van der Waals surface area contributed by atoms with Crippen molar-refractivity contribution in [2.45, 2.75) is 26.9 Å². The summed E-state index contributed by atoms with van der Waals surface area (Å²) in [5.74, 6) is -1.13. The van der Waals surface area contributed by atoms with Crippen molar-refractivity contribution < 1.29 is 27.5 Å². The Bertz CT molecular complexity index is 916. The van der Waals surface area contributed by atoms with Crippen LogP contribution in [-0.4, -0.2) is 16.4 Å². The summed E-state index contributed by atoms with van der Waals surface area (Å²) in [4.78, 5) is 27.7. The zero-order valence-corrected chi connectivity index (χ0v) is 14.8. The third-order valence-corrected chi connectivity index (χ3v) is 4.24. The van der Waals surface area contributed by atoms with Crippen molar-refractivity contribution in [2.24, 2.45) is 4.99 Å². The van der Waals surface area contributed by atoms with Crippen LogP contribution >= 0.6 is 22.9 Å². The van der Waals surface area contributed by atoms with Crippen molar-refractivity contribution in [1.82, 2.24) is 4.57 Å². The minimum atomic E-state index is -4.63. The number of aryl methyl sites for hydroxylation is 1. The molecule has 1 heterocycles. The molecule has 0 spiro atoms. The molecule has 0 aliphatic carbocycles. The Balaban J connectivity index is 2.67. The van der Waals surface area contributed by atoms with Crippen LogP contribution < -0.4 is 9.54 Å². The number of thiazole rings is 1. The number of benzene rings is 1. The normalized spacial score (nSPS) is 12.4. The maximum absolute atomic E-state index is 12.9. The number of rotatable bonds is 2. The number of nitrogens with zero attached hydrogens (tertiary/aromatic N) is 2. The van der Waals surface area contributed by atoms with E-state index in [9.17, 15) is 22.8 Å². The summed E-state index contributed by atoms with van der Waals surface area (Å²) in [6, 6.07) is 3.16. The van der Waals surface area contributed by atoms with Crippen LogP contribution in [0.5, 0.6) is 5.88 Å². The minimum absolute atomic E-state index is 0.00578. The largest absolute Gasteiger partial charge is 0.417 e. The number of alkyl halides is 3. The lowest BCUT2D eigenvalue weighted by atomic mass is 10.2. The topological polar surface area (TPSA) is 60.7 Å². The molecule has 134 valence electrons. The molecule has 2 rings (SSSR count). The Hall–Kier alpha value is -2.13. The highest BCUT2D eigenvalue weighted by Gasteiger charge is 2.33. The first-order chi connectivity index (χ1) is 11.5. The van der Waals surface area contributed by atoms with Gasteiger partial charge in [0.2, 0.25) is 11.8 Å². The van der Waals surface area contributed by atoms with Gasteiger partial charge in [-0.2, -0.15) is 13.2 Å². The van der Waals surface area contributed by atoms with Gasteiger partial charge in [0.15, 0.2) is 4.80 Å². The van der Waals surface area contributed by atoms with Gasteiger partial charge in [-0.05, 0) is 25.1 Å². The molecule has 5 nitrogen and oxygen atoms in total. The Kier molecular flexibility index (Phi) is 5.38. The fraction of sp³-hybridized carbons (Fsp3) is 0.267. The molecule has 0 amide bonds. The molecule has 0 N–H and O–H groups in total. The highest BCUT2D eigenvalue weighted by molar-refractivity contribution is 7.09. The number of hydrogen-bond acceptors (Lipinski definition) is 5. The van der Waals surface area contributed by atoms with E-state index in [-0.39, 0.29) is 16.4 Å². The second kappa shape index (κ2) is 7.01. The van der Waals surface area contributed by atoms with Gasteiger partial charge in [0.1, 0.15) is 0 Å². The van der Waals surface area contributed by atoms with E-state index in [1.165, 1.54) is 19.9 Å². The van der Waals surface area contributed by atoms with Crippen LogP contribution in [0.2, 0.25) is 5.02 Å². The molecule has 0 radical (unpaired) electrons. The summed E-state index contributed by atoms with van der Waals surface area (Å²) in [6.07, 6.45) is -4.63. The van der Waals surface area contributed by atoms with Crippen LogP contribution in [-0.2, 0) is 11.0 Å². The number of esters is 1. The molecule has 1 aromatic heterocycles. The van der Waals surface area contributed by atoms with Gasteiger partial charge < -0.3 is 4.74 Å². The Morgan fingerprint density at radius 2 is 1.92 bits per heavy atom. The third-order valence-electron chi connectivity index (χ3n) is 2.98. The first kappa shape index (κ1) is 19.2. The SMILES string of the molecule is CC(=O)Oc1c(C)sc(=Nc2ccc(Cl)c(C(F)(F)F)c2)n1C(C)=O. The van der Waals surface area contributed by atoms with Crippen molar-refractivity contribution in [3.8, 4) is 5.88 Å². The van der Waals surface area contributed by atoms with Crippen LogP contribution in [0.15, 0.2) is 23.2 Å². The predicted octanol–water partition coefficient (Wildman–Crippen LogP) is 4.35. The van der Waals surface area contributed by atoms with Gasteiger partial charge in [-0.1, -0.05) is 22.9 Å². The second-order valence-corrected chi connectivity index (χ2v) is 6.56. The highest BCUT2D eigenvalue weighted by atomic mass is 35.5. The first-order valence-electron chi connectivity index (χ1n) is 6.84. The van der Waals surface area contributed by atoms with Gasteiger partial charge in [0, 0.05) is 13.8 Å². The Labute approximate surface area is 149 Å². The number of aromatic nitrogens is 1. The van der Waals surface area contributed by atoms with Crippen LogP contribution in [0.1, 0.15) is 29.1 Å². The van der Waals surface area contributed by atoms with Crippen molar-refractivity contribution >= 4 is 40.5 Å². The van der Waals surface area contributed by atoms with Crippen molar-refractivity contribution in [2.75, 3.05) is 0 Å². The Morgan fingerprint density at radius 3 is 2.44 bits per heavy atom. The maximum atomic E-state index is 12.9. The molecule has 1 aromatic carbocycles. The number of hydrogen-bond donors (Lipinski definition) is 0. The summed E-state index contributed by atoms with van der Waals surface area (Å²) in [5, 5.41) is -0.450. The molecule has 0 aliphatic heterocycles. The molecule has 0 saturated heterocycles. The smallest absolute Gasteiger partial charge is 0.408 e. The molecule has 0 atom stereocenters. The maximum Gasteiger partial charge on any atom is 0.417 e. The second-order valence-electron chi connectivity index (χ2n) is 4.97. The van der Waals surface area contributed by atoms with Crippen LogP contribution in [0.25, 0.3) is 0 Å². The van der Waals surface area contributed by atoms with E-state index >= 15 is 0 Å². The van der Waals surface area contributed by atoms with E-state index in [1.54, 1.807) is 6.92 Å². The number of ether oxygens (including phenoxy) is 1. The summed E-state index contributed by atoms with van der Waals surface area (Å²) in [7, 11) is 0. The number of halogens is 4. The molecular formula is C15H12ClF3N2O3S. The van der Waals surface area contributed by atoms with Crippen molar-refractivity contribution in [3.63, 3.8) is 0 Å². The third kappa shape index (κ3) is 4.29. The molecule has 25 heavy (non-hydrogen) atoms. The molecule has 10 heteroatoms. The van der Waals surface area contributed by atoms with E-state index in [0.717, 1.165) is 28.0 Å². The van der Waals surface area contributed by atoms with Crippen molar-refractivity contribution in [1.29, 1.82) is 0 Å². The summed E-state index contributed by atoms with van der Waals surface area (Å²) in [6.45, 7) is 4.00. The average Bonchev–Trinajstić information content (AvgIpc) is 2.75. The molecular weight excluding hydrogens is 381 g/mol. The monoisotopic (exact) mass is 392 g/mol. The molecule has 0 unspecified atom stereocenters. The lowest BCUT2D eigenvalue weighted by Gasteiger charge is -2.09. The van der Waals surface area contributed by atoms with Crippen molar-refractivity contribution in [3.05, 3.63) is 38.5 Å². The number of carbonyl (C=O) groups is 2. The van der Waals surface area contributed by atoms with E-state index in [1.807, 2.05) is 0 Å². The van der Waals surface area contributed by atoms with Crippen LogP contribution in [0.3, 0.4) is 0 Å². The predicted molar refractivity (Wildman–Crippen MR) is 86.3 cm³/mol. The molecule has 0 aliphatic rings. The zero-order valence-electron chi connectivity index (χ0n) is 13.3. The quantitative estimate of drug-likeness (QED) is 0.714. The lowest BCUT2D eigenvalue weighted by Crippen LogP contribution is -2.22. The average molecular weight is 393 g/mol. The fourth-order valence-electron chi connectivity index (χ4n) is 1.99. The van der Waals surface area contributed by atoms with Crippen LogP contribution in [0.4, 0.5) is 18.9 Å².